The van der Waals surface area contributed by atoms with Gasteiger partial charge in [0.1, 0.15) is 5.82 Å². The van der Waals surface area contributed by atoms with E-state index in [0.717, 1.165) is 25.3 Å². The molecule has 0 aliphatic carbocycles. The summed E-state index contributed by atoms with van der Waals surface area (Å²) in [6, 6.07) is 4.04. The molecule has 1 amide bonds. The average molecular weight is 262 g/mol. The van der Waals surface area contributed by atoms with Gasteiger partial charge in [0.15, 0.2) is 0 Å². The topological polar surface area (TPSA) is 62.5 Å². The van der Waals surface area contributed by atoms with Crippen molar-refractivity contribution in [3.05, 3.63) is 23.9 Å². The molecule has 1 fully saturated rings. The number of anilines is 1. The number of rotatable bonds is 2. The van der Waals surface area contributed by atoms with Crippen molar-refractivity contribution < 1.29 is 4.79 Å². The van der Waals surface area contributed by atoms with E-state index in [-0.39, 0.29) is 11.9 Å². The highest BCUT2D eigenvalue weighted by Crippen LogP contribution is 2.20. The highest BCUT2D eigenvalue weighted by Gasteiger charge is 2.23. The summed E-state index contributed by atoms with van der Waals surface area (Å²) in [4.78, 5) is 20.0. The van der Waals surface area contributed by atoms with Crippen LogP contribution in [-0.2, 0) is 0 Å². The Bertz CT molecular complexity index is 443. The molecule has 2 heterocycles. The molecular weight excluding hydrogens is 240 g/mol. The number of amides is 1. The molecular formula is C14H22N4O. The van der Waals surface area contributed by atoms with Gasteiger partial charge < -0.3 is 15.5 Å². The number of carbonyl (C=O) groups excluding carboxylic acids is 1. The van der Waals surface area contributed by atoms with E-state index in [9.17, 15) is 4.79 Å². The van der Waals surface area contributed by atoms with Crippen LogP contribution in [0.1, 0.15) is 23.7 Å². The number of piperidine rings is 1. The van der Waals surface area contributed by atoms with Crippen LogP contribution >= 0.6 is 0 Å². The lowest BCUT2D eigenvalue weighted by Gasteiger charge is -2.35. The Labute approximate surface area is 114 Å². The molecule has 0 bridgehead atoms. The monoisotopic (exact) mass is 262 g/mol. The van der Waals surface area contributed by atoms with Gasteiger partial charge in [-0.25, -0.2) is 4.98 Å². The van der Waals surface area contributed by atoms with Gasteiger partial charge in [-0.1, -0.05) is 6.92 Å². The maximum Gasteiger partial charge on any atom is 0.254 e. The fraction of sp³-hybridized carbons (Fsp3) is 0.571. The summed E-state index contributed by atoms with van der Waals surface area (Å²) < 4.78 is 0. The molecule has 0 spiro atoms. The molecule has 1 aliphatic heterocycles. The number of carbonyl (C=O) groups is 1. The lowest BCUT2D eigenvalue weighted by molar-refractivity contribution is 0.0827. The molecule has 1 aliphatic rings. The average Bonchev–Trinajstić information content (AvgIpc) is 2.41. The Balaban J connectivity index is 2.08. The van der Waals surface area contributed by atoms with Gasteiger partial charge in [-0.15, -0.1) is 0 Å². The minimum Gasteiger partial charge on any atom is -0.356 e. The molecule has 2 unspecified atom stereocenters. The summed E-state index contributed by atoms with van der Waals surface area (Å²) in [5.41, 5.74) is 6.64. The van der Waals surface area contributed by atoms with Crippen molar-refractivity contribution in [2.75, 3.05) is 32.1 Å². The third kappa shape index (κ3) is 3.04. The first-order chi connectivity index (χ1) is 8.99. The summed E-state index contributed by atoms with van der Waals surface area (Å²) in [6.07, 6.45) is 2.64. The molecule has 104 valence electrons. The van der Waals surface area contributed by atoms with Crippen LogP contribution < -0.4 is 10.6 Å². The predicted molar refractivity (Wildman–Crippen MR) is 76.2 cm³/mol. The fourth-order valence-corrected chi connectivity index (χ4v) is 2.33. The second kappa shape index (κ2) is 5.57. The summed E-state index contributed by atoms with van der Waals surface area (Å²) >= 11 is 0. The van der Waals surface area contributed by atoms with Gasteiger partial charge in [-0.05, 0) is 24.5 Å². The number of nitrogens with zero attached hydrogens (tertiary/aromatic N) is 3. The summed E-state index contributed by atoms with van der Waals surface area (Å²) in [6.45, 7) is 4.02. The first-order valence-electron chi connectivity index (χ1n) is 6.67. The van der Waals surface area contributed by atoms with E-state index < -0.39 is 0 Å². The minimum atomic E-state index is -0.0203. The number of aromatic nitrogens is 1. The van der Waals surface area contributed by atoms with Crippen LogP contribution in [0.3, 0.4) is 0 Å². The van der Waals surface area contributed by atoms with E-state index in [1.165, 1.54) is 0 Å². The maximum atomic E-state index is 11.8. The minimum absolute atomic E-state index is 0.0203. The number of hydrogen-bond acceptors (Lipinski definition) is 4. The Kier molecular flexibility index (Phi) is 4.04. The SMILES string of the molecule is CC1CN(c2ccc(C(=O)N(C)C)cn2)CCC1N. The summed E-state index contributed by atoms with van der Waals surface area (Å²) in [5, 5.41) is 0. The van der Waals surface area contributed by atoms with E-state index in [0.29, 0.717) is 11.5 Å². The van der Waals surface area contributed by atoms with E-state index in [2.05, 4.69) is 16.8 Å². The van der Waals surface area contributed by atoms with Gasteiger partial charge in [0.05, 0.1) is 5.56 Å². The number of hydrogen-bond donors (Lipinski definition) is 1. The van der Waals surface area contributed by atoms with Crippen LogP contribution in [0, 0.1) is 5.92 Å². The van der Waals surface area contributed by atoms with Crippen molar-refractivity contribution in [1.82, 2.24) is 9.88 Å². The molecule has 1 aromatic heterocycles. The smallest absolute Gasteiger partial charge is 0.254 e. The lowest BCUT2D eigenvalue weighted by atomic mass is 9.95. The van der Waals surface area contributed by atoms with Gasteiger partial charge in [-0.3, -0.25) is 4.79 Å². The number of pyridine rings is 1. The van der Waals surface area contributed by atoms with Crippen LogP contribution in [-0.4, -0.2) is 49.0 Å². The Morgan fingerprint density at radius 3 is 2.74 bits per heavy atom. The van der Waals surface area contributed by atoms with Crippen molar-refractivity contribution in [1.29, 1.82) is 0 Å². The van der Waals surface area contributed by atoms with Crippen molar-refractivity contribution in [2.24, 2.45) is 11.7 Å². The van der Waals surface area contributed by atoms with E-state index in [1.807, 2.05) is 12.1 Å². The standard InChI is InChI=1S/C14H22N4O/c1-10-9-18(7-6-12(10)15)13-5-4-11(8-16-13)14(19)17(2)3/h4-5,8,10,12H,6-7,9,15H2,1-3H3. The third-order valence-electron chi connectivity index (χ3n) is 3.70. The zero-order valence-corrected chi connectivity index (χ0v) is 11.8. The van der Waals surface area contributed by atoms with Crippen LogP contribution in [0.15, 0.2) is 18.3 Å². The van der Waals surface area contributed by atoms with Gasteiger partial charge >= 0.3 is 0 Å². The molecule has 2 rings (SSSR count). The van der Waals surface area contributed by atoms with Crippen LogP contribution in [0.2, 0.25) is 0 Å². The van der Waals surface area contributed by atoms with Gasteiger partial charge in [0, 0.05) is 39.4 Å². The second-order valence-electron chi connectivity index (χ2n) is 5.48. The predicted octanol–water partition coefficient (Wildman–Crippen LogP) is 0.957. The molecule has 19 heavy (non-hydrogen) atoms. The largest absolute Gasteiger partial charge is 0.356 e. The van der Waals surface area contributed by atoms with Crippen molar-refractivity contribution >= 4 is 11.7 Å². The highest BCUT2D eigenvalue weighted by molar-refractivity contribution is 5.93. The second-order valence-corrected chi connectivity index (χ2v) is 5.48. The molecule has 0 aromatic carbocycles. The molecule has 0 saturated carbocycles. The molecule has 1 aromatic rings. The first-order valence-corrected chi connectivity index (χ1v) is 6.67. The van der Waals surface area contributed by atoms with E-state index in [4.69, 9.17) is 5.73 Å². The summed E-state index contributed by atoms with van der Waals surface area (Å²) in [5.74, 6) is 1.38. The van der Waals surface area contributed by atoms with Gasteiger partial charge in [0.2, 0.25) is 0 Å². The summed E-state index contributed by atoms with van der Waals surface area (Å²) in [7, 11) is 3.48. The molecule has 2 atom stereocenters. The molecule has 0 radical (unpaired) electrons. The Morgan fingerprint density at radius 1 is 1.47 bits per heavy atom. The molecule has 1 saturated heterocycles. The zero-order valence-electron chi connectivity index (χ0n) is 11.8. The molecule has 5 heteroatoms. The van der Waals surface area contributed by atoms with Gasteiger partial charge in [-0.2, -0.15) is 0 Å². The van der Waals surface area contributed by atoms with Gasteiger partial charge in [0.25, 0.3) is 5.91 Å². The fourth-order valence-electron chi connectivity index (χ4n) is 2.33. The molecule has 5 nitrogen and oxygen atoms in total. The Morgan fingerprint density at radius 2 is 2.21 bits per heavy atom. The normalized spacial score (nSPS) is 23.3. The maximum absolute atomic E-state index is 11.8. The molecule has 2 N–H and O–H groups in total. The lowest BCUT2D eigenvalue weighted by Crippen LogP contribution is -2.46. The van der Waals surface area contributed by atoms with Crippen LogP contribution in [0.5, 0.6) is 0 Å². The van der Waals surface area contributed by atoms with E-state index >= 15 is 0 Å². The van der Waals surface area contributed by atoms with Crippen LogP contribution in [0.4, 0.5) is 5.82 Å². The first kappa shape index (κ1) is 13.8. The van der Waals surface area contributed by atoms with E-state index in [1.54, 1.807) is 25.2 Å². The zero-order chi connectivity index (χ0) is 14.0. The van der Waals surface area contributed by atoms with Crippen molar-refractivity contribution in [3.8, 4) is 0 Å². The van der Waals surface area contributed by atoms with Crippen LogP contribution in [0.25, 0.3) is 0 Å². The number of nitrogens with two attached hydrogens (primary N) is 1. The quantitative estimate of drug-likeness (QED) is 0.862. The van der Waals surface area contributed by atoms with Crippen molar-refractivity contribution in [3.63, 3.8) is 0 Å². The highest BCUT2D eigenvalue weighted by atomic mass is 16.2. The Hall–Kier alpha value is -1.62. The third-order valence-corrected chi connectivity index (χ3v) is 3.70. The van der Waals surface area contributed by atoms with Crippen molar-refractivity contribution in [2.45, 2.75) is 19.4 Å².